The third-order valence-corrected chi connectivity index (χ3v) is 10.7. The number of carboxylic acids is 1. The minimum absolute atomic E-state index is 0. The number of halogens is 1. The molecule has 0 aromatic rings. The van der Waals surface area contributed by atoms with Crippen molar-refractivity contribution in [2.45, 2.75) is 105 Å². The largest absolute Gasteiger partial charge is 1.00 e. The molecule has 31 heavy (non-hydrogen) atoms. The van der Waals surface area contributed by atoms with E-state index in [-0.39, 0.29) is 23.7 Å². The summed E-state index contributed by atoms with van der Waals surface area (Å²) in [5.74, 6) is 4.41. The zero-order valence-corrected chi connectivity index (χ0v) is 21.4. The molecule has 4 aliphatic rings. The number of aliphatic carboxylic acids is 1. The summed E-state index contributed by atoms with van der Waals surface area (Å²) in [4.78, 5) is 11.6. The van der Waals surface area contributed by atoms with Crippen LogP contribution in [0, 0.1) is 52.3 Å². The van der Waals surface area contributed by atoms with Crippen molar-refractivity contribution < 1.29 is 22.3 Å². The van der Waals surface area contributed by atoms with Gasteiger partial charge in [0.25, 0.3) is 0 Å². The van der Waals surface area contributed by atoms with Crippen LogP contribution in [0.4, 0.5) is 0 Å². The van der Waals surface area contributed by atoms with Gasteiger partial charge in [-0.15, -0.1) is 0 Å². The summed E-state index contributed by atoms with van der Waals surface area (Å²) in [7, 11) is 0. The number of carboxylic acid groups (broad SMARTS) is 1. The molecule has 0 spiro atoms. The van der Waals surface area contributed by atoms with Gasteiger partial charge in [0.05, 0.1) is 5.92 Å². The Labute approximate surface area is 197 Å². The van der Waals surface area contributed by atoms with E-state index >= 15 is 0 Å². The molecule has 0 aromatic heterocycles. The van der Waals surface area contributed by atoms with E-state index in [0.717, 1.165) is 54.8 Å². The fourth-order valence-corrected chi connectivity index (χ4v) is 8.90. The normalized spacial score (nSPS) is 42.6. The van der Waals surface area contributed by atoms with E-state index in [1.54, 1.807) is 0 Å². The SMILES string of the molecule is CC(C)CCC[C@@H](C)[C@H]1CCC2C3CC=C4CC(C(=O)O)CC[C@]4(C)C3CC[C@@]21C.[Cl-]. The van der Waals surface area contributed by atoms with E-state index in [1.165, 1.54) is 56.9 Å². The van der Waals surface area contributed by atoms with Crippen LogP contribution in [0.2, 0.25) is 0 Å². The van der Waals surface area contributed by atoms with Gasteiger partial charge in [-0.3, -0.25) is 4.79 Å². The van der Waals surface area contributed by atoms with Gasteiger partial charge in [-0.05, 0) is 97.7 Å². The van der Waals surface area contributed by atoms with Crippen molar-refractivity contribution >= 4 is 5.97 Å². The Kier molecular flexibility index (Phi) is 7.62. The molecule has 0 saturated heterocycles. The molecule has 2 nitrogen and oxygen atoms in total. The highest BCUT2D eigenvalue weighted by atomic mass is 35.5. The quantitative estimate of drug-likeness (QED) is 0.595. The first-order valence-electron chi connectivity index (χ1n) is 13.1. The van der Waals surface area contributed by atoms with Crippen molar-refractivity contribution in [3.63, 3.8) is 0 Å². The molecular formula is C28H46ClO2-. The lowest BCUT2D eigenvalue weighted by atomic mass is 9.46. The van der Waals surface area contributed by atoms with Gasteiger partial charge in [0.1, 0.15) is 0 Å². The van der Waals surface area contributed by atoms with Crippen LogP contribution in [0.1, 0.15) is 105 Å². The molecule has 0 amide bonds. The molecule has 4 rings (SSSR count). The number of allylic oxidation sites excluding steroid dienone is 2. The van der Waals surface area contributed by atoms with Crippen LogP contribution < -0.4 is 12.4 Å². The van der Waals surface area contributed by atoms with Crippen LogP contribution in [0.25, 0.3) is 0 Å². The summed E-state index contributed by atoms with van der Waals surface area (Å²) in [6.45, 7) is 12.4. The second-order valence-electron chi connectivity index (χ2n) is 12.6. The second kappa shape index (κ2) is 9.40. The van der Waals surface area contributed by atoms with Crippen molar-refractivity contribution in [2.24, 2.45) is 52.3 Å². The van der Waals surface area contributed by atoms with Crippen molar-refractivity contribution in [1.29, 1.82) is 0 Å². The molecule has 3 fully saturated rings. The summed E-state index contributed by atoms with van der Waals surface area (Å²) >= 11 is 0. The Morgan fingerprint density at radius 2 is 1.81 bits per heavy atom. The molecule has 0 radical (unpaired) electrons. The van der Waals surface area contributed by atoms with Crippen molar-refractivity contribution in [1.82, 2.24) is 0 Å². The van der Waals surface area contributed by atoms with Crippen LogP contribution in [0.15, 0.2) is 11.6 Å². The lowest BCUT2D eigenvalue weighted by molar-refractivity contribution is -0.143. The molecule has 3 saturated carbocycles. The maximum absolute atomic E-state index is 11.6. The van der Waals surface area contributed by atoms with Crippen LogP contribution in [-0.2, 0) is 4.79 Å². The number of carbonyl (C=O) groups is 1. The Morgan fingerprint density at radius 1 is 1.06 bits per heavy atom. The van der Waals surface area contributed by atoms with Gasteiger partial charge in [-0.25, -0.2) is 0 Å². The summed E-state index contributed by atoms with van der Waals surface area (Å²) in [6.07, 6.45) is 16.4. The van der Waals surface area contributed by atoms with Gasteiger partial charge in [0.15, 0.2) is 0 Å². The Bertz CT molecular complexity index is 684. The third-order valence-electron chi connectivity index (χ3n) is 10.7. The summed E-state index contributed by atoms with van der Waals surface area (Å²) in [5, 5.41) is 9.55. The number of fused-ring (bicyclic) bond motifs is 5. The highest BCUT2D eigenvalue weighted by Crippen LogP contribution is 2.67. The monoisotopic (exact) mass is 449 g/mol. The van der Waals surface area contributed by atoms with Gasteiger partial charge >= 0.3 is 5.97 Å². The highest BCUT2D eigenvalue weighted by Gasteiger charge is 2.59. The average molecular weight is 450 g/mol. The van der Waals surface area contributed by atoms with Gasteiger partial charge in [-0.1, -0.05) is 65.5 Å². The predicted octanol–water partition coefficient (Wildman–Crippen LogP) is 4.73. The van der Waals surface area contributed by atoms with Crippen LogP contribution in [0.3, 0.4) is 0 Å². The van der Waals surface area contributed by atoms with Crippen molar-refractivity contribution in [3.8, 4) is 0 Å². The molecule has 0 aromatic carbocycles. The van der Waals surface area contributed by atoms with Crippen LogP contribution >= 0.6 is 0 Å². The summed E-state index contributed by atoms with van der Waals surface area (Å²) in [5.41, 5.74) is 2.32. The van der Waals surface area contributed by atoms with E-state index in [0.29, 0.717) is 5.41 Å². The molecule has 3 heteroatoms. The Morgan fingerprint density at radius 3 is 2.48 bits per heavy atom. The average Bonchev–Trinajstić information content (AvgIpc) is 3.04. The van der Waals surface area contributed by atoms with Crippen molar-refractivity contribution in [3.05, 3.63) is 11.6 Å². The van der Waals surface area contributed by atoms with Crippen LogP contribution in [-0.4, -0.2) is 11.1 Å². The van der Waals surface area contributed by atoms with Gasteiger partial charge in [-0.2, -0.15) is 0 Å². The molecule has 4 aliphatic carbocycles. The highest BCUT2D eigenvalue weighted by molar-refractivity contribution is 5.70. The molecular weight excluding hydrogens is 404 g/mol. The fraction of sp³-hybridized carbons (Fsp3) is 0.893. The smallest absolute Gasteiger partial charge is 0.306 e. The molecule has 178 valence electrons. The van der Waals surface area contributed by atoms with E-state index in [1.807, 2.05) is 0 Å². The topological polar surface area (TPSA) is 37.3 Å². The van der Waals surface area contributed by atoms with E-state index in [4.69, 9.17) is 0 Å². The Hall–Kier alpha value is -0.500. The zero-order valence-electron chi connectivity index (χ0n) is 20.6. The Balaban J connectivity index is 0.00000272. The molecule has 0 bridgehead atoms. The minimum Gasteiger partial charge on any atom is -1.00 e. The van der Waals surface area contributed by atoms with Crippen molar-refractivity contribution in [2.75, 3.05) is 0 Å². The standard InChI is InChI=1S/C28H46O2.ClH/c1-18(2)7-6-8-19(3)23-11-12-24-22-10-9-21-17-20(26(29)30)13-15-27(21,4)25(22)14-16-28(23,24)5;/h9,18-20,22-25H,6-8,10-17H2,1-5H3,(H,29,30);1H/p-1/t19-,20?,22?,23-,24?,25?,27+,28-;/m1./s1. The summed E-state index contributed by atoms with van der Waals surface area (Å²) < 4.78 is 0. The van der Waals surface area contributed by atoms with E-state index < -0.39 is 5.97 Å². The van der Waals surface area contributed by atoms with E-state index in [2.05, 4.69) is 40.7 Å². The maximum atomic E-state index is 11.6. The van der Waals surface area contributed by atoms with Gasteiger partial charge in [0, 0.05) is 0 Å². The first-order valence-corrected chi connectivity index (χ1v) is 13.1. The molecule has 0 heterocycles. The maximum Gasteiger partial charge on any atom is 0.306 e. The van der Waals surface area contributed by atoms with Gasteiger partial charge in [0.2, 0.25) is 0 Å². The number of hydrogen-bond donors (Lipinski definition) is 1. The third kappa shape index (κ3) is 4.36. The molecule has 0 aliphatic heterocycles. The molecule has 8 atom stereocenters. The first-order chi connectivity index (χ1) is 14.2. The fourth-order valence-electron chi connectivity index (χ4n) is 8.90. The number of hydrogen-bond acceptors (Lipinski definition) is 1. The number of rotatable bonds is 6. The first kappa shape index (κ1) is 25.1. The van der Waals surface area contributed by atoms with Crippen LogP contribution in [0.5, 0.6) is 0 Å². The lowest BCUT2D eigenvalue weighted by Crippen LogP contribution is -3.00. The summed E-state index contributed by atoms with van der Waals surface area (Å²) in [6, 6.07) is 0. The minimum atomic E-state index is -0.582. The molecule has 4 unspecified atom stereocenters. The zero-order chi connectivity index (χ0) is 21.7. The molecule has 1 N–H and O–H groups in total. The predicted molar refractivity (Wildman–Crippen MR) is 124 cm³/mol. The van der Waals surface area contributed by atoms with E-state index in [9.17, 15) is 9.90 Å². The van der Waals surface area contributed by atoms with Gasteiger partial charge < -0.3 is 17.5 Å². The lowest BCUT2D eigenvalue weighted by Gasteiger charge is -2.58. The second-order valence-corrected chi connectivity index (χ2v) is 12.6.